The van der Waals surface area contributed by atoms with Crippen LogP contribution in [-0.4, -0.2) is 36.8 Å². The molecule has 1 fully saturated rings. The Bertz CT molecular complexity index is 350. The normalized spacial score (nSPS) is 23.6. The van der Waals surface area contributed by atoms with Gasteiger partial charge in [-0.15, -0.1) is 0 Å². The van der Waals surface area contributed by atoms with Crippen LogP contribution in [0, 0.1) is 0 Å². The summed E-state index contributed by atoms with van der Waals surface area (Å²) in [6.07, 6.45) is 1.24. The Hall–Kier alpha value is -0.860. The molecule has 0 aromatic heterocycles. The lowest BCUT2D eigenvalue weighted by molar-refractivity contribution is 0.272. The lowest BCUT2D eigenvalue weighted by Gasteiger charge is -2.19. The van der Waals surface area contributed by atoms with Gasteiger partial charge >= 0.3 is 0 Å². The molecule has 1 aromatic carbocycles. The molecule has 2 heteroatoms. The molecule has 1 aliphatic heterocycles. The zero-order chi connectivity index (χ0) is 11.5. The highest BCUT2D eigenvalue weighted by Gasteiger charge is 2.24. The van der Waals surface area contributed by atoms with Crippen LogP contribution in [0.1, 0.15) is 36.3 Å². The van der Waals surface area contributed by atoms with Crippen LogP contribution in [0.15, 0.2) is 24.3 Å². The molecule has 88 valence electrons. The molecule has 1 saturated heterocycles. The number of aliphatic hydroxyl groups excluding tert-OH is 1. The molecule has 2 atom stereocenters. The molecule has 2 rings (SSSR count). The number of likely N-dealkylation sites (N-methyl/N-ethyl adjacent to an activating group) is 1. The lowest BCUT2D eigenvalue weighted by atomic mass is 9.88. The maximum absolute atomic E-state index is 9.30. The van der Waals surface area contributed by atoms with Crippen LogP contribution in [0.4, 0.5) is 0 Å². The molecule has 0 bridgehead atoms. The highest BCUT2D eigenvalue weighted by molar-refractivity contribution is 5.34. The van der Waals surface area contributed by atoms with Crippen molar-refractivity contribution in [3.05, 3.63) is 35.4 Å². The van der Waals surface area contributed by atoms with Crippen LogP contribution >= 0.6 is 0 Å². The lowest BCUT2D eigenvalue weighted by Crippen LogP contribution is -2.14. The van der Waals surface area contributed by atoms with E-state index in [1.165, 1.54) is 24.1 Å². The Labute approximate surface area is 97.9 Å². The zero-order valence-electron chi connectivity index (χ0n) is 10.2. The molecular formula is C14H21NO. The second-order valence-electron chi connectivity index (χ2n) is 4.96. The van der Waals surface area contributed by atoms with E-state index in [1.54, 1.807) is 0 Å². The van der Waals surface area contributed by atoms with Gasteiger partial charge in [-0.25, -0.2) is 0 Å². The first-order valence-electron chi connectivity index (χ1n) is 6.10. The molecule has 0 saturated carbocycles. The molecule has 1 heterocycles. The standard InChI is InChI=1S/C14H21NO/c1-11(10-16)13-5-3-4-6-14(13)12-7-8-15(2)9-12/h3-6,11-12,16H,7-10H2,1-2H3. The van der Waals surface area contributed by atoms with Gasteiger partial charge in [0, 0.05) is 19.1 Å². The van der Waals surface area contributed by atoms with Gasteiger partial charge in [-0.3, -0.25) is 0 Å². The summed E-state index contributed by atoms with van der Waals surface area (Å²) in [7, 11) is 2.18. The maximum atomic E-state index is 9.30. The summed E-state index contributed by atoms with van der Waals surface area (Å²) < 4.78 is 0. The summed E-state index contributed by atoms with van der Waals surface area (Å²) in [6.45, 7) is 4.67. The second kappa shape index (κ2) is 4.98. The summed E-state index contributed by atoms with van der Waals surface area (Å²) in [5.41, 5.74) is 2.76. The highest BCUT2D eigenvalue weighted by atomic mass is 16.3. The second-order valence-corrected chi connectivity index (χ2v) is 4.96. The summed E-state index contributed by atoms with van der Waals surface area (Å²) in [6, 6.07) is 8.57. The smallest absolute Gasteiger partial charge is 0.0497 e. The summed E-state index contributed by atoms with van der Waals surface area (Å²) in [5.74, 6) is 0.900. The van der Waals surface area contributed by atoms with Crippen LogP contribution in [0.3, 0.4) is 0 Å². The molecule has 2 unspecified atom stereocenters. The number of hydrogen-bond acceptors (Lipinski definition) is 2. The van der Waals surface area contributed by atoms with E-state index in [-0.39, 0.29) is 12.5 Å². The van der Waals surface area contributed by atoms with Gasteiger partial charge in [0.25, 0.3) is 0 Å². The Morgan fingerprint density at radius 2 is 2.19 bits per heavy atom. The SMILES string of the molecule is CC(CO)c1ccccc1C1CCN(C)C1. The minimum absolute atomic E-state index is 0.236. The third-order valence-corrected chi connectivity index (χ3v) is 3.63. The van der Waals surface area contributed by atoms with Gasteiger partial charge in [0.2, 0.25) is 0 Å². The highest BCUT2D eigenvalue weighted by Crippen LogP contribution is 2.31. The van der Waals surface area contributed by atoms with Gasteiger partial charge in [0.15, 0.2) is 0 Å². The first kappa shape index (κ1) is 11.6. The Kier molecular flexibility index (Phi) is 3.62. The number of likely N-dealkylation sites (tertiary alicyclic amines) is 1. The van der Waals surface area contributed by atoms with Crippen molar-refractivity contribution < 1.29 is 5.11 Å². The van der Waals surface area contributed by atoms with Crippen molar-refractivity contribution in [3.63, 3.8) is 0 Å². The van der Waals surface area contributed by atoms with Gasteiger partial charge in [0.05, 0.1) is 0 Å². The number of aliphatic hydroxyl groups is 1. The van der Waals surface area contributed by atoms with Crippen molar-refractivity contribution in [1.82, 2.24) is 4.90 Å². The third kappa shape index (κ3) is 2.28. The van der Waals surface area contributed by atoms with Crippen molar-refractivity contribution >= 4 is 0 Å². The van der Waals surface area contributed by atoms with E-state index in [2.05, 4.69) is 43.1 Å². The van der Waals surface area contributed by atoms with E-state index < -0.39 is 0 Å². The molecule has 0 aliphatic carbocycles. The first-order valence-corrected chi connectivity index (χ1v) is 6.10. The fourth-order valence-corrected chi connectivity index (χ4v) is 2.62. The molecule has 1 N–H and O–H groups in total. The van der Waals surface area contributed by atoms with Crippen molar-refractivity contribution in [2.24, 2.45) is 0 Å². The summed E-state index contributed by atoms with van der Waals surface area (Å²) >= 11 is 0. The average molecular weight is 219 g/mol. The van der Waals surface area contributed by atoms with E-state index >= 15 is 0 Å². The maximum Gasteiger partial charge on any atom is 0.0497 e. The number of nitrogens with zero attached hydrogens (tertiary/aromatic N) is 1. The molecule has 1 aliphatic rings. The largest absolute Gasteiger partial charge is 0.396 e. The van der Waals surface area contributed by atoms with Crippen molar-refractivity contribution in [2.75, 3.05) is 26.7 Å². The van der Waals surface area contributed by atoms with Gasteiger partial charge in [-0.1, -0.05) is 31.2 Å². The summed E-state index contributed by atoms with van der Waals surface area (Å²) in [4.78, 5) is 2.38. The number of hydrogen-bond donors (Lipinski definition) is 1. The fourth-order valence-electron chi connectivity index (χ4n) is 2.62. The van der Waals surface area contributed by atoms with Crippen LogP contribution in [-0.2, 0) is 0 Å². The van der Waals surface area contributed by atoms with Gasteiger partial charge in [-0.05, 0) is 37.1 Å². The zero-order valence-corrected chi connectivity index (χ0v) is 10.2. The Morgan fingerprint density at radius 3 is 2.81 bits per heavy atom. The molecule has 0 amide bonds. The Balaban J connectivity index is 2.26. The van der Waals surface area contributed by atoms with Crippen LogP contribution in [0.25, 0.3) is 0 Å². The number of rotatable bonds is 3. The van der Waals surface area contributed by atoms with Crippen molar-refractivity contribution in [1.29, 1.82) is 0 Å². The average Bonchev–Trinajstić information content (AvgIpc) is 2.75. The minimum atomic E-state index is 0.236. The van der Waals surface area contributed by atoms with Gasteiger partial charge in [0.1, 0.15) is 0 Å². The van der Waals surface area contributed by atoms with Crippen molar-refractivity contribution in [2.45, 2.75) is 25.2 Å². The van der Waals surface area contributed by atoms with E-state index in [1.807, 2.05) is 0 Å². The van der Waals surface area contributed by atoms with Crippen LogP contribution in [0.2, 0.25) is 0 Å². The quantitative estimate of drug-likeness (QED) is 0.842. The third-order valence-electron chi connectivity index (χ3n) is 3.63. The molecule has 16 heavy (non-hydrogen) atoms. The Morgan fingerprint density at radius 1 is 1.44 bits per heavy atom. The monoisotopic (exact) mass is 219 g/mol. The van der Waals surface area contributed by atoms with Crippen LogP contribution < -0.4 is 0 Å². The van der Waals surface area contributed by atoms with E-state index in [0.29, 0.717) is 5.92 Å². The van der Waals surface area contributed by atoms with Gasteiger partial charge in [-0.2, -0.15) is 0 Å². The predicted molar refractivity (Wildman–Crippen MR) is 66.8 cm³/mol. The minimum Gasteiger partial charge on any atom is -0.396 e. The van der Waals surface area contributed by atoms with E-state index in [4.69, 9.17) is 0 Å². The van der Waals surface area contributed by atoms with Crippen molar-refractivity contribution in [3.8, 4) is 0 Å². The number of benzene rings is 1. The topological polar surface area (TPSA) is 23.5 Å². The molecule has 1 aromatic rings. The molecule has 0 spiro atoms. The van der Waals surface area contributed by atoms with Gasteiger partial charge < -0.3 is 10.0 Å². The van der Waals surface area contributed by atoms with E-state index in [9.17, 15) is 5.11 Å². The van der Waals surface area contributed by atoms with Crippen LogP contribution in [0.5, 0.6) is 0 Å². The fraction of sp³-hybridized carbons (Fsp3) is 0.571. The van der Waals surface area contributed by atoms with E-state index in [0.717, 1.165) is 6.54 Å². The molecular weight excluding hydrogens is 198 g/mol. The molecule has 0 radical (unpaired) electrons. The summed E-state index contributed by atoms with van der Waals surface area (Å²) in [5, 5.41) is 9.30. The molecule has 2 nitrogen and oxygen atoms in total. The predicted octanol–water partition coefficient (Wildman–Crippen LogP) is 2.20. The first-order chi connectivity index (χ1) is 7.72.